The zero-order valence-electron chi connectivity index (χ0n) is 18.6. The van der Waals surface area contributed by atoms with Crippen molar-refractivity contribution in [2.24, 2.45) is 0 Å². The van der Waals surface area contributed by atoms with Crippen LogP contribution in [0.2, 0.25) is 0 Å². The highest BCUT2D eigenvalue weighted by Crippen LogP contribution is 2.33. The van der Waals surface area contributed by atoms with E-state index in [0.717, 1.165) is 0 Å². The number of fused-ring (bicyclic) bond motifs is 1. The van der Waals surface area contributed by atoms with Crippen molar-refractivity contribution in [1.29, 1.82) is 0 Å². The van der Waals surface area contributed by atoms with Crippen LogP contribution in [-0.4, -0.2) is 83.7 Å². The van der Waals surface area contributed by atoms with E-state index in [1.165, 1.54) is 30.7 Å². The Morgan fingerprint density at radius 3 is 2.33 bits per heavy atom. The number of piperazine rings is 1. The van der Waals surface area contributed by atoms with E-state index in [2.05, 4.69) is 5.32 Å². The van der Waals surface area contributed by atoms with Gasteiger partial charge in [-0.2, -0.15) is 4.31 Å². The maximum atomic E-state index is 13.1. The van der Waals surface area contributed by atoms with Gasteiger partial charge in [-0.15, -0.1) is 0 Å². The van der Waals surface area contributed by atoms with Crippen LogP contribution in [0.25, 0.3) is 0 Å². The van der Waals surface area contributed by atoms with Crippen LogP contribution < -0.4 is 24.3 Å². The van der Waals surface area contributed by atoms with Crippen molar-refractivity contribution in [3.05, 3.63) is 36.4 Å². The van der Waals surface area contributed by atoms with Gasteiger partial charge in [-0.05, 0) is 24.3 Å². The first kappa shape index (κ1) is 23.1. The molecule has 1 N–H and O–H groups in total. The lowest BCUT2D eigenvalue weighted by Crippen LogP contribution is -2.50. The van der Waals surface area contributed by atoms with E-state index in [1.54, 1.807) is 24.3 Å². The van der Waals surface area contributed by atoms with Crippen LogP contribution in [0, 0.1) is 0 Å². The number of sulfonamides is 1. The smallest absolute Gasteiger partial charge is 0.243 e. The second kappa shape index (κ2) is 9.86. The van der Waals surface area contributed by atoms with Crippen molar-refractivity contribution in [2.75, 3.05) is 65.5 Å². The molecule has 2 aromatic rings. The van der Waals surface area contributed by atoms with Crippen molar-refractivity contribution < 1.29 is 32.2 Å². The van der Waals surface area contributed by atoms with Crippen LogP contribution >= 0.6 is 0 Å². The predicted molar refractivity (Wildman–Crippen MR) is 121 cm³/mol. The van der Waals surface area contributed by atoms with Crippen LogP contribution in [0.4, 0.5) is 5.69 Å². The molecule has 0 bridgehead atoms. The fraction of sp³-hybridized carbons (Fsp3) is 0.409. The van der Waals surface area contributed by atoms with Crippen LogP contribution in [0.5, 0.6) is 23.0 Å². The Bertz CT molecular complexity index is 1110. The van der Waals surface area contributed by atoms with Crippen LogP contribution in [0.15, 0.2) is 41.3 Å². The van der Waals surface area contributed by atoms with Crippen molar-refractivity contribution in [3.63, 3.8) is 0 Å². The van der Waals surface area contributed by atoms with E-state index in [0.29, 0.717) is 55.0 Å². The summed E-state index contributed by atoms with van der Waals surface area (Å²) in [5, 5.41) is 2.86. The largest absolute Gasteiger partial charge is 0.493 e. The first-order valence-electron chi connectivity index (χ1n) is 10.5. The van der Waals surface area contributed by atoms with E-state index in [4.69, 9.17) is 18.9 Å². The van der Waals surface area contributed by atoms with Crippen LogP contribution in [0.3, 0.4) is 0 Å². The molecule has 2 aliphatic heterocycles. The summed E-state index contributed by atoms with van der Waals surface area (Å²) in [6.45, 7) is 2.61. The molecule has 178 valence electrons. The van der Waals surface area contributed by atoms with Gasteiger partial charge < -0.3 is 24.3 Å². The van der Waals surface area contributed by atoms with Crippen molar-refractivity contribution >= 4 is 21.6 Å². The lowest BCUT2D eigenvalue weighted by Gasteiger charge is -2.33. The second-order valence-electron chi connectivity index (χ2n) is 7.60. The standard InChI is InChI=1S/C22H27N3O7S/c1-29-18-6-4-17(14-20(18)30-2)33(27,28)25-9-7-24(8-10-25)15-22(26)23-16-3-5-19-21(13-16)32-12-11-31-19/h3-6,13-14H,7-12,15H2,1-2H3,(H,23,26). The third-order valence-electron chi connectivity index (χ3n) is 5.52. The fourth-order valence-electron chi connectivity index (χ4n) is 3.78. The number of ether oxygens (including phenoxy) is 4. The number of carbonyl (C=O) groups is 1. The van der Waals surface area contributed by atoms with Gasteiger partial charge in [0.2, 0.25) is 15.9 Å². The summed E-state index contributed by atoms with van der Waals surface area (Å²) in [7, 11) is -0.727. The third kappa shape index (κ3) is 5.15. The summed E-state index contributed by atoms with van der Waals surface area (Å²) in [6.07, 6.45) is 0. The molecule has 1 fully saturated rings. The Kier molecular flexibility index (Phi) is 6.91. The maximum absolute atomic E-state index is 13.1. The van der Waals surface area contributed by atoms with E-state index in [1.807, 2.05) is 4.90 Å². The lowest BCUT2D eigenvalue weighted by molar-refractivity contribution is -0.117. The van der Waals surface area contributed by atoms with Gasteiger partial charge in [0.25, 0.3) is 0 Å². The Balaban J connectivity index is 1.32. The summed E-state index contributed by atoms with van der Waals surface area (Å²) < 4.78 is 49.0. The molecule has 0 aliphatic carbocycles. The quantitative estimate of drug-likeness (QED) is 0.638. The van der Waals surface area contributed by atoms with Crippen molar-refractivity contribution in [1.82, 2.24) is 9.21 Å². The zero-order chi connectivity index (χ0) is 23.4. The highest BCUT2D eigenvalue weighted by molar-refractivity contribution is 7.89. The number of carbonyl (C=O) groups excluding carboxylic acids is 1. The first-order chi connectivity index (χ1) is 15.9. The maximum Gasteiger partial charge on any atom is 0.243 e. The second-order valence-corrected chi connectivity index (χ2v) is 9.54. The highest BCUT2D eigenvalue weighted by atomic mass is 32.2. The first-order valence-corrected chi connectivity index (χ1v) is 12.0. The molecule has 2 aromatic carbocycles. The van der Waals surface area contributed by atoms with Gasteiger partial charge >= 0.3 is 0 Å². The minimum atomic E-state index is -3.68. The highest BCUT2D eigenvalue weighted by Gasteiger charge is 2.30. The lowest BCUT2D eigenvalue weighted by atomic mass is 10.2. The molecular weight excluding hydrogens is 450 g/mol. The van der Waals surface area contributed by atoms with Gasteiger partial charge in [0.1, 0.15) is 13.2 Å². The molecule has 0 saturated carbocycles. The van der Waals surface area contributed by atoms with E-state index >= 15 is 0 Å². The number of methoxy groups -OCH3 is 2. The van der Waals surface area contributed by atoms with Crippen LogP contribution in [0.1, 0.15) is 0 Å². The SMILES string of the molecule is COc1ccc(S(=O)(=O)N2CCN(CC(=O)Nc3ccc4c(c3)OCCO4)CC2)cc1OC. The topological polar surface area (TPSA) is 107 Å². The number of hydrogen-bond acceptors (Lipinski definition) is 8. The molecule has 2 heterocycles. The molecule has 1 amide bonds. The number of hydrogen-bond donors (Lipinski definition) is 1. The Morgan fingerprint density at radius 1 is 0.939 bits per heavy atom. The number of anilines is 1. The van der Waals surface area contributed by atoms with E-state index < -0.39 is 10.0 Å². The Morgan fingerprint density at radius 2 is 1.64 bits per heavy atom. The predicted octanol–water partition coefficient (Wildman–Crippen LogP) is 1.42. The van der Waals surface area contributed by atoms with Crippen LogP contribution in [-0.2, 0) is 14.8 Å². The van der Waals surface area contributed by atoms with Gasteiger partial charge in [0.05, 0.1) is 25.7 Å². The number of nitrogens with zero attached hydrogens (tertiary/aromatic N) is 2. The fourth-order valence-corrected chi connectivity index (χ4v) is 5.22. The summed E-state index contributed by atoms with van der Waals surface area (Å²) in [6, 6.07) is 9.80. The van der Waals surface area contributed by atoms with E-state index in [-0.39, 0.29) is 30.4 Å². The molecule has 0 atom stereocenters. The summed E-state index contributed by atoms with van der Waals surface area (Å²) in [5.41, 5.74) is 0.624. The monoisotopic (exact) mass is 477 g/mol. The Hall–Kier alpha value is -3.02. The third-order valence-corrected chi connectivity index (χ3v) is 7.41. The average molecular weight is 478 g/mol. The molecule has 11 heteroatoms. The minimum absolute atomic E-state index is 0.143. The zero-order valence-corrected chi connectivity index (χ0v) is 19.4. The molecule has 4 rings (SSSR count). The van der Waals surface area contributed by atoms with E-state index in [9.17, 15) is 13.2 Å². The van der Waals surface area contributed by atoms with Crippen molar-refractivity contribution in [3.8, 4) is 23.0 Å². The summed E-state index contributed by atoms with van der Waals surface area (Å²) in [4.78, 5) is 14.6. The number of nitrogens with one attached hydrogen (secondary N) is 1. The van der Waals surface area contributed by atoms with Gasteiger partial charge in [-0.3, -0.25) is 9.69 Å². The van der Waals surface area contributed by atoms with Gasteiger partial charge in [0.15, 0.2) is 23.0 Å². The normalized spacial score (nSPS) is 16.8. The molecule has 0 aromatic heterocycles. The molecule has 2 aliphatic rings. The number of benzene rings is 2. The molecule has 10 nitrogen and oxygen atoms in total. The summed E-state index contributed by atoms with van der Waals surface area (Å²) in [5.74, 6) is 1.90. The molecular formula is C22H27N3O7S. The molecule has 33 heavy (non-hydrogen) atoms. The van der Waals surface area contributed by atoms with Crippen molar-refractivity contribution in [2.45, 2.75) is 4.90 Å². The van der Waals surface area contributed by atoms with Gasteiger partial charge in [0, 0.05) is 44.0 Å². The Labute approximate surface area is 193 Å². The minimum Gasteiger partial charge on any atom is -0.493 e. The summed E-state index contributed by atoms with van der Waals surface area (Å²) >= 11 is 0. The number of rotatable bonds is 7. The molecule has 1 saturated heterocycles. The number of amides is 1. The molecule has 0 unspecified atom stereocenters. The molecule has 0 spiro atoms. The molecule has 0 radical (unpaired) electrons. The van der Waals surface area contributed by atoms with Gasteiger partial charge in [-0.25, -0.2) is 8.42 Å². The average Bonchev–Trinajstić information content (AvgIpc) is 2.83. The van der Waals surface area contributed by atoms with Gasteiger partial charge in [-0.1, -0.05) is 0 Å².